The van der Waals surface area contributed by atoms with Crippen molar-refractivity contribution in [1.82, 2.24) is 14.9 Å². The first-order valence-electron chi connectivity index (χ1n) is 10.3. The highest BCUT2D eigenvalue weighted by atomic mass is 32.2. The number of nitrogens with zero attached hydrogens (tertiary/aromatic N) is 3. The molecule has 2 aromatic carbocycles. The Bertz CT molecular complexity index is 1160. The molecular weight excluding hydrogens is 428 g/mol. The maximum absolute atomic E-state index is 12.6. The first kappa shape index (κ1) is 23.3. The molecule has 0 fully saturated rings. The molecule has 1 aromatic heterocycles. The molecule has 170 valence electrons. The van der Waals surface area contributed by atoms with E-state index >= 15 is 0 Å². The van der Waals surface area contributed by atoms with E-state index in [-0.39, 0.29) is 5.91 Å². The lowest BCUT2D eigenvalue weighted by Crippen LogP contribution is -2.37. The van der Waals surface area contributed by atoms with Crippen molar-refractivity contribution in [2.75, 3.05) is 17.6 Å². The Morgan fingerprint density at radius 2 is 1.81 bits per heavy atom. The highest BCUT2D eigenvalue weighted by Gasteiger charge is 2.19. The molecule has 8 nitrogen and oxygen atoms in total. The number of nitrogens with one attached hydrogen (secondary N) is 1. The minimum atomic E-state index is -3.34. The SMILES string of the molecule is CCC(Oc1ccc(N(C)S(C)(=O)=O)cc1)C(=O)NCc1ccc(-n2ccnc2C)cc1. The lowest BCUT2D eigenvalue weighted by Gasteiger charge is -2.19. The third-order valence-electron chi connectivity index (χ3n) is 5.15. The van der Waals surface area contributed by atoms with Gasteiger partial charge < -0.3 is 14.6 Å². The molecule has 9 heteroatoms. The van der Waals surface area contributed by atoms with Gasteiger partial charge in [0.25, 0.3) is 5.91 Å². The predicted octanol–water partition coefficient (Wildman–Crippen LogP) is 3.05. The molecule has 3 aromatic rings. The average Bonchev–Trinajstić information content (AvgIpc) is 3.21. The molecule has 32 heavy (non-hydrogen) atoms. The average molecular weight is 457 g/mol. The van der Waals surface area contributed by atoms with Gasteiger partial charge >= 0.3 is 0 Å². The fourth-order valence-electron chi connectivity index (χ4n) is 3.14. The van der Waals surface area contributed by atoms with E-state index in [1.54, 1.807) is 30.5 Å². The van der Waals surface area contributed by atoms with Crippen LogP contribution < -0.4 is 14.4 Å². The third kappa shape index (κ3) is 5.67. The van der Waals surface area contributed by atoms with Gasteiger partial charge in [-0.1, -0.05) is 19.1 Å². The van der Waals surface area contributed by atoms with Gasteiger partial charge in [-0.15, -0.1) is 0 Å². The summed E-state index contributed by atoms with van der Waals surface area (Å²) < 4.78 is 32.3. The van der Waals surface area contributed by atoms with E-state index in [1.165, 1.54) is 11.4 Å². The van der Waals surface area contributed by atoms with Crippen molar-refractivity contribution in [3.8, 4) is 11.4 Å². The maximum atomic E-state index is 12.6. The Kier molecular flexibility index (Phi) is 7.19. The zero-order valence-electron chi connectivity index (χ0n) is 18.6. The van der Waals surface area contributed by atoms with Gasteiger partial charge in [-0.3, -0.25) is 9.10 Å². The minimum Gasteiger partial charge on any atom is -0.481 e. The molecule has 1 heterocycles. The number of hydrogen-bond donors (Lipinski definition) is 1. The fourth-order valence-corrected chi connectivity index (χ4v) is 3.65. The molecule has 0 saturated carbocycles. The van der Waals surface area contributed by atoms with Crippen LogP contribution in [0.1, 0.15) is 24.7 Å². The summed E-state index contributed by atoms with van der Waals surface area (Å²) in [5.74, 6) is 1.20. The van der Waals surface area contributed by atoms with Crippen LogP contribution in [0.15, 0.2) is 60.9 Å². The normalized spacial score (nSPS) is 12.2. The molecule has 0 aliphatic carbocycles. The van der Waals surface area contributed by atoms with Crippen LogP contribution in [-0.4, -0.2) is 43.3 Å². The number of benzene rings is 2. The second-order valence-corrected chi connectivity index (χ2v) is 9.48. The molecule has 1 unspecified atom stereocenters. The smallest absolute Gasteiger partial charge is 0.261 e. The lowest BCUT2D eigenvalue weighted by atomic mass is 10.2. The molecule has 0 bridgehead atoms. The van der Waals surface area contributed by atoms with Gasteiger partial charge in [0.1, 0.15) is 11.6 Å². The number of aromatic nitrogens is 2. The predicted molar refractivity (Wildman–Crippen MR) is 125 cm³/mol. The number of sulfonamides is 1. The van der Waals surface area contributed by atoms with Gasteiger partial charge in [0.05, 0.1) is 11.9 Å². The van der Waals surface area contributed by atoms with Crippen LogP contribution >= 0.6 is 0 Å². The molecule has 1 amide bonds. The number of imidazole rings is 1. The molecule has 0 saturated heterocycles. The number of anilines is 1. The summed E-state index contributed by atoms with van der Waals surface area (Å²) >= 11 is 0. The summed E-state index contributed by atoms with van der Waals surface area (Å²) in [7, 11) is -1.85. The van der Waals surface area contributed by atoms with Gasteiger partial charge in [0.15, 0.2) is 6.10 Å². The highest BCUT2D eigenvalue weighted by Crippen LogP contribution is 2.21. The molecule has 1 atom stereocenters. The van der Waals surface area contributed by atoms with Gasteiger partial charge in [-0.25, -0.2) is 13.4 Å². The van der Waals surface area contributed by atoms with E-state index in [0.29, 0.717) is 24.4 Å². The topological polar surface area (TPSA) is 93.5 Å². The van der Waals surface area contributed by atoms with E-state index in [4.69, 9.17) is 4.74 Å². The number of rotatable bonds is 9. The largest absolute Gasteiger partial charge is 0.481 e. The summed E-state index contributed by atoms with van der Waals surface area (Å²) in [6, 6.07) is 14.5. The van der Waals surface area contributed by atoms with Crippen LogP contribution in [0.25, 0.3) is 5.69 Å². The van der Waals surface area contributed by atoms with Crippen molar-refractivity contribution in [3.63, 3.8) is 0 Å². The van der Waals surface area contributed by atoms with Crippen molar-refractivity contribution in [2.45, 2.75) is 32.9 Å². The van der Waals surface area contributed by atoms with E-state index < -0.39 is 16.1 Å². The number of aryl methyl sites for hydroxylation is 1. The molecule has 0 aliphatic heterocycles. The number of hydrogen-bond acceptors (Lipinski definition) is 5. The van der Waals surface area contributed by atoms with Crippen molar-refractivity contribution in [1.29, 1.82) is 0 Å². The molecule has 1 N–H and O–H groups in total. The summed E-state index contributed by atoms with van der Waals surface area (Å²) in [4.78, 5) is 16.8. The van der Waals surface area contributed by atoms with E-state index in [0.717, 1.165) is 23.3 Å². The fraction of sp³-hybridized carbons (Fsp3) is 0.304. The van der Waals surface area contributed by atoms with Gasteiger partial charge in [0.2, 0.25) is 10.0 Å². The number of amides is 1. The Labute approximate surface area is 188 Å². The number of carbonyl (C=O) groups is 1. The lowest BCUT2D eigenvalue weighted by molar-refractivity contribution is -0.128. The van der Waals surface area contributed by atoms with Crippen LogP contribution in [0.5, 0.6) is 5.75 Å². The number of ether oxygens (including phenoxy) is 1. The zero-order valence-corrected chi connectivity index (χ0v) is 19.5. The third-order valence-corrected chi connectivity index (χ3v) is 6.35. The van der Waals surface area contributed by atoms with E-state index in [9.17, 15) is 13.2 Å². The van der Waals surface area contributed by atoms with Gasteiger partial charge in [0, 0.05) is 31.7 Å². The molecule has 0 spiro atoms. The molecular formula is C23H28N4O4S. The highest BCUT2D eigenvalue weighted by molar-refractivity contribution is 7.92. The summed E-state index contributed by atoms with van der Waals surface area (Å²) in [5.41, 5.74) is 2.50. The first-order chi connectivity index (χ1) is 15.2. The van der Waals surface area contributed by atoms with Crippen LogP contribution in [0.3, 0.4) is 0 Å². The van der Waals surface area contributed by atoms with Gasteiger partial charge in [-0.05, 0) is 55.3 Å². The number of carbonyl (C=O) groups excluding carboxylic acids is 1. The summed E-state index contributed by atoms with van der Waals surface area (Å²) in [5, 5.41) is 2.91. The monoisotopic (exact) mass is 456 g/mol. The van der Waals surface area contributed by atoms with E-state index in [2.05, 4.69) is 10.3 Å². The summed E-state index contributed by atoms with van der Waals surface area (Å²) in [6.07, 6.45) is 4.64. The molecule has 3 rings (SSSR count). The van der Waals surface area contributed by atoms with Crippen LogP contribution in [0, 0.1) is 6.92 Å². The second-order valence-electron chi connectivity index (χ2n) is 7.47. The van der Waals surface area contributed by atoms with Gasteiger partial charge in [-0.2, -0.15) is 0 Å². The standard InChI is InChI=1S/C23H28N4O4S/c1-5-22(31-21-12-10-19(11-13-21)26(3)32(4,29)30)23(28)25-16-18-6-8-20(9-7-18)27-15-14-24-17(27)2/h6-15,22H,5,16H2,1-4H3,(H,25,28). The summed E-state index contributed by atoms with van der Waals surface area (Å²) in [6.45, 7) is 4.20. The minimum absolute atomic E-state index is 0.209. The maximum Gasteiger partial charge on any atom is 0.261 e. The second kappa shape index (κ2) is 9.86. The van der Waals surface area contributed by atoms with Crippen molar-refractivity contribution in [2.24, 2.45) is 0 Å². The Morgan fingerprint density at radius 3 is 2.34 bits per heavy atom. The Hall–Kier alpha value is -3.33. The van der Waals surface area contributed by atoms with Crippen molar-refractivity contribution < 1.29 is 17.9 Å². The molecule has 0 radical (unpaired) electrons. The van der Waals surface area contributed by atoms with Crippen molar-refractivity contribution >= 4 is 21.6 Å². The first-order valence-corrected chi connectivity index (χ1v) is 12.1. The Balaban J connectivity index is 1.57. The van der Waals surface area contributed by atoms with Crippen molar-refractivity contribution in [3.05, 3.63) is 72.3 Å². The quantitative estimate of drug-likeness (QED) is 0.534. The zero-order chi connectivity index (χ0) is 23.3. The van der Waals surface area contributed by atoms with E-state index in [1.807, 2.05) is 48.9 Å². The van der Waals surface area contributed by atoms with Crippen LogP contribution in [0.4, 0.5) is 5.69 Å². The molecule has 0 aliphatic rings. The van der Waals surface area contributed by atoms with Crippen LogP contribution in [-0.2, 0) is 21.4 Å². The Morgan fingerprint density at radius 1 is 1.16 bits per heavy atom. The van der Waals surface area contributed by atoms with Crippen LogP contribution in [0.2, 0.25) is 0 Å².